The van der Waals surface area contributed by atoms with Crippen molar-refractivity contribution in [2.24, 2.45) is 0 Å². The third-order valence-corrected chi connectivity index (χ3v) is 4.16. The van der Waals surface area contributed by atoms with E-state index in [1.54, 1.807) is 6.07 Å². The first-order chi connectivity index (χ1) is 12.3. The molecule has 0 saturated heterocycles. The van der Waals surface area contributed by atoms with Gasteiger partial charge >= 0.3 is 12.3 Å². The van der Waals surface area contributed by atoms with Crippen molar-refractivity contribution in [3.8, 4) is 5.75 Å². The third kappa shape index (κ3) is 4.85. The average molecular weight is 451 g/mol. The molecule has 11 heteroatoms. The van der Waals surface area contributed by atoms with Gasteiger partial charge in [0.15, 0.2) is 0 Å². The van der Waals surface area contributed by atoms with Gasteiger partial charge in [0, 0.05) is 22.5 Å². The molecule has 26 heavy (non-hydrogen) atoms. The fraction of sp³-hybridized carbons (Fsp3) is 0.200. The van der Waals surface area contributed by atoms with Crippen molar-refractivity contribution in [1.82, 2.24) is 4.98 Å². The molecule has 1 aromatic carbocycles. The lowest BCUT2D eigenvalue weighted by molar-refractivity contribution is -0.384. The van der Waals surface area contributed by atoms with E-state index in [-0.39, 0.29) is 34.4 Å². The van der Waals surface area contributed by atoms with E-state index in [9.17, 15) is 23.7 Å². The number of carbonyl (C=O) groups is 1. The smallest absolute Gasteiger partial charge is 0.387 e. The molecule has 0 saturated carbocycles. The number of carbonyl (C=O) groups excluding carboxylic acids is 1. The molecule has 1 N–H and O–H groups in total. The van der Waals surface area contributed by atoms with Crippen LogP contribution >= 0.6 is 27.5 Å². The first-order valence-corrected chi connectivity index (χ1v) is 8.25. The number of halogens is 4. The Kier molecular flexibility index (Phi) is 6.81. The zero-order valence-corrected chi connectivity index (χ0v) is 15.2. The number of pyridine rings is 1. The van der Waals surface area contributed by atoms with Gasteiger partial charge in [0.2, 0.25) is 5.82 Å². The van der Waals surface area contributed by atoms with Crippen molar-refractivity contribution in [2.45, 2.75) is 19.1 Å². The predicted molar refractivity (Wildman–Crippen MR) is 93.7 cm³/mol. The molecule has 1 atom stereocenters. The highest BCUT2D eigenvalue weighted by molar-refractivity contribution is 9.10. The van der Waals surface area contributed by atoms with Crippen LogP contribution in [0.1, 0.15) is 18.0 Å². The molecule has 0 spiro atoms. The minimum absolute atomic E-state index is 0.0147. The van der Waals surface area contributed by atoms with Crippen LogP contribution in [0.15, 0.2) is 34.8 Å². The van der Waals surface area contributed by atoms with Gasteiger partial charge in [-0.2, -0.15) is 8.78 Å². The van der Waals surface area contributed by atoms with E-state index < -0.39 is 17.6 Å². The van der Waals surface area contributed by atoms with Crippen LogP contribution in [0.4, 0.5) is 20.3 Å². The van der Waals surface area contributed by atoms with Gasteiger partial charge in [0.25, 0.3) is 0 Å². The van der Waals surface area contributed by atoms with Gasteiger partial charge in [0.1, 0.15) is 17.2 Å². The summed E-state index contributed by atoms with van der Waals surface area (Å²) in [6.45, 7) is -3.08. The molecule has 0 radical (unpaired) electrons. The number of ether oxygens (including phenoxy) is 1. The largest absolute Gasteiger partial charge is 0.434 e. The highest BCUT2D eigenvalue weighted by Crippen LogP contribution is 2.38. The third-order valence-electron chi connectivity index (χ3n) is 3.26. The average Bonchev–Trinajstić information content (AvgIpc) is 2.54. The Hall–Kier alpha value is -2.33. The van der Waals surface area contributed by atoms with E-state index in [0.29, 0.717) is 10.8 Å². The van der Waals surface area contributed by atoms with E-state index >= 15 is 0 Å². The summed E-state index contributed by atoms with van der Waals surface area (Å²) in [5.41, 5.74) is -0.190. The first-order valence-electron chi connectivity index (χ1n) is 7.07. The number of rotatable bonds is 8. The summed E-state index contributed by atoms with van der Waals surface area (Å²) in [7, 11) is 0. The minimum Gasteiger partial charge on any atom is -0.434 e. The second-order valence-electron chi connectivity index (χ2n) is 4.89. The van der Waals surface area contributed by atoms with Gasteiger partial charge in [-0.15, -0.1) is 0 Å². The van der Waals surface area contributed by atoms with Gasteiger partial charge < -0.3 is 14.8 Å². The summed E-state index contributed by atoms with van der Waals surface area (Å²) in [5, 5.41) is 13.9. The van der Waals surface area contributed by atoms with Crippen LogP contribution in [0.5, 0.6) is 5.75 Å². The zero-order chi connectivity index (χ0) is 19.3. The van der Waals surface area contributed by atoms with Gasteiger partial charge in [-0.1, -0.05) is 33.6 Å². The number of alkyl halides is 2. The Bertz CT molecular complexity index is 825. The SMILES string of the molecule is O=CC[C@@H](Nc1nc(Cl)ccc1[N+](=O)[O-])c1c(Br)cccc1OC(F)F. The topological polar surface area (TPSA) is 94.4 Å². The summed E-state index contributed by atoms with van der Waals surface area (Å²) in [4.78, 5) is 25.4. The number of anilines is 1. The summed E-state index contributed by atoms with van der Waals surface area (Å²) in [5.74, 6) is -0.383. The molecule has 0 aliphatic heterocycles. The summed E-state index contributed by atoms with van der Waals surface area (Å²) in [6.07, 6.45) is 0.354. The van der Waals surface area contributed by atoms with Crippen molar-refractivity contribution in [3.63, 3.8) is 0 Å². The molecular formula is C15H11BrClF2N3O4. The van der Waals surface area contributed by atoms with Crippen LogP contribution in [0, 0.1) is 10.1 Å². The van der Waals surface area contributed by atoms with Gasteiger partial charge in [-0.05, 0) is 18.2 Å². The quantitative estimate of drug-likeness (QED) is 0.270. The standard InChI is InChI=1S/C15H11BrClF2N3O4/c16-8-2-1-3-11(26-15(18)19)13(8)9(6-7-23)20-14-10(22(24)25)4-5-12(17)21-14/h1-5,7,9,15H,6H2,(H,20,21)/t9-/m1/s1. The number of nitro groups is 1. The van der Waals surface area contributed by atoms with Crippen LogP contribution in [0.3, 0.4) is 0 Å². The van der Waals surface area contributed by atoms with Crippen molar-refractivity contribution in [2.75, 3.05) is 5.32 Å². The molecule has 7 nitrogen and oxygen atoms in total. The normalized spacial score (nSPS) is 11.9. The van der Waals surface area contributed by atoms with Gasteiger partial charge in [-0.25, -0.2) is 4.98 Å². The van der Waals surface area contributed by atoms with Gasteiger partial charge in [0.05, 0.1) is 11.0 Å². The van der Waals surface area contributed by atoms with Crippen molar-refractivity contribution in [1.29, 1.82) is 0 Å². The Balaban J connectivity index is 2.50. The van der Waals surface area contributed by atoms with Crippen LogP contribution in [-0.4, -0.2) is 22.8 Å². The van der Waals surface area contributed by atoms with Crippen LogP contribution in [0.2, 0.25) is 5.15 Å². The number of hydrogen-bond acceptors (Lipinski definition) is 6. The van der Waals surface area contributed by atoms with E-state index in [2.05, 4.69) is 31.0 Å². The van der Waals surface area contributed by atoms with E-state index in [4.69, 9.17) is 11.6 Å². The zero-order valence-electron chi connectivity index (χ0n) is 12.9. The number of hydrogen-bond donors (Lipinski definition) is 1. The van der Waals surface area contributed by atoms with Crippen molar-refractivity contribution in [3.05, 3.63) is 55.6 Å². The van der Waals surface area contributed by atoms with Gasteiger partial charge in [-0.3, -0.25) is 10.1 Å². The Morgan fingerprint density at radius 1 is 1.38 bits per heavy atom. The Labute approximate surface area is 159 Å². The fourth-order valence-electron chi connectivity index (χ4n) is 2.25. The number of nitrogens with one attached hydrogen (secondary N) is 1. The van der Waals surface area contributed by atoms with Crippen molar-refractivity contribution >= 4 is 45.3 Å². The summed E-state index contributed by atoms with van der Waals surface area (Å²) in [6, 6.07) is 5.79. The highest BCUT2D eigenvalue weighted by atomic mass is 79.9. The van der Waals surface area contributed by atoms with Crippen LogP contribution in [0.25, 0.3) is 0 Å². The maximum Gasteiger partial charge on any atom is 0.387 e. The maximum atomic E-state index is 12.7. The summed E-state index contributed by atoms with van der Waals surface area (Å²) >= 11 is 9.00. The monoisotopic (exact) mass is 449 g/mol. The Morgan fingerprint density at radius 2 is 2.12 bits per heavy atom. The lowest BCUT2D eigenvalue weighted by atomic mass is 10.0. The van der Waals surface area contributed by atoms with E-state index in [1.807, 2.05) is 0 Å². The number of benzene rings is 1. The molecule has 0 bridgehead atoms. The van der Waals surface area contributed by atoms with Crippen molar-refractivity contribution < 1.29 is 23.2 Å². The lowest BCUT2D eigenvalue weighted by Crippen LogP contribution is -2.16. The van der Waals surface area contributed by atoms with E-state index in [0.717, 1.165) is 6.07 Å². The number of aldehydes is 1. The number of nitrogens with zero attached hydrogens (tertiary/aromatic N) is 2. The molecule has 0 aliphatic rings. The maximum absolute atomic E-state index is 12.7. The molecule has 1 aromatic heterocycles. The minimum atomic E-state index is -3.08. The Morgan fingerprint density at radius 3 is 2.73 bits per heavy atom. The molecule has 0 unspecified atom stereocenters. The highest BCUT2D eigenvalue weighted by Gasteiger charge is 2.25. The predicted octanol–water partition coefficient (Wildman–Crippen LogP) is 4.75. The fourth-order valence-corrected chi connectivity index (χ4v) is 3.02. The van der Waals surface area contributed by atoms with Crippen LogP contribution in [-0.2, 0) is 4.79 Å². The lowest BCUT2D eigenvalue weighted by Gasteiger charge is -2.22. The molecule has 1 heterocycles. The molecule has 138 valence electrons. The molecule has 0 amide bonds. The number of aromatic nitrogens is 1. The van der Waals surface area contributed by atoms with E-state index in [1.165, 1.54) is 18.2 Å². The molecule has 0 aliphatic carbocycles. The molecular weight excluding hydrogens is 440 g/mol. The van der Waals surface area contributed by atoms with Crippen LogP contribution < -0.4 is 10.1 Å². The second kappa shape index (κ2) is 8.86. The molecule has 2 rings (SSSR count). The first kappa shape index (κ1) is 20.0. The summed E-state index contributed by atoms with van der Waals surface area (Å²) < 4.78 is 30.2. The molecule has 0 fully saturated rings. The second-order valence-corrected chi connectivity index (χ2v) is 6.13. The molecule has 2 aromatic rings.